The molecule has 12 heteroatoms. The maximum absolute atomic E-state index is 12.9. The number of fused-ring (bicyclic) bond motifs is 1. The van der Waals surface area contributed by atoms with E-state index in [0.717, 1.165) is 23.0 Å². The summed E-state index contributed by atoms with van der Waals surface area (Å²) >= 11 is 0. The molecular weight excluding hydrogens is 487 g/mol. The molecule has 0 atom stereocenters. The van der Waals surface area contributed by atoms with Crippen molar-refractivity contribution in [2.45, 2.75) is 19.8 Å². The summed E-state index contributed by atoms with van der Waals surface area (Å²) in [5.74, 6) is -0.503. The second-order valence-electron chi connectivity index (χ2n) is 8.00. The molecule has 188 valence electrons. The molecule has 5 rings (SSSR count). The van der Waals surface area contributed by atoms with Crippen LogP contribution in [0, 0.1) is 0 Å². The van der Waals surface area contributed by atoms with Gasteiger partial charge in [-0.15, -0.1) is 13.2 Å². The first-order valence-corrected chi connectivity index (χ1v) is 11.2. The molecule has 0 saturated carbocycles. The Morgan fingerprint density at radius 1 is 1.08 bits per heavy atom. The van der Waals surface area contributed by atoms with Crippen LogP contribution in [0.3, 0.4) is 0 Å². The van der Waals surface area contributed by atoms with Gasteiger partial charge in [-0.1, -0.05) is 30.3 Å². The van der Waals surface area contributed by atoms with Crippen molar-refractivity contribution in [3.05, 3.63) is 72.9 Å². The molecule has 0 aliphatic heterocycles. The zero-order chi connectivity index (χ0) is 26.2. The lowest BCUT2D eigenvalue weighted by Crippen LogP contribution is -2.17. The number of aryl methyl sites for hydroxylation is 1. The Balaban J connectivity index is 1.60. The van der Waals surface area contributed by atoms with Crippen molar-refractivity contribution in [1.29, 1.82) is 0 Å². The molecule has 3 aromatic heterocycles. The Hall–Kier alpha value is -4.74. The van der Waals surface area contributed by atoms with E-state index in [-0.39, 0.29) is 21.7 Å². The second kappa shape index (κ2) is 9.37. The molecule has 1 amide bonds. The first kappa shape index (κ1) is 24.0. The first-order valence-electron chi connectivity index (χ1n) is 11.2. The van der Waals surface area contributed by atoms with Gasteiger partial charge in [-0.05, 0) is 13.0 Å². The fourth-order valence-corrected chi connectivity index (χ4v) is 3.90. The third-order valence-electron chi connectivity index (χ3n) is 5.70. The largest absolute Gasteiger partial charge is 0.504 e. The van der Waals surface area contributed by atoms with Crippen LogP contribution in [0.5, 0.6) is 5.75 Å². The first-order chi connectivity index (χ1) is 17.8. The lowest BCUT2D eigenvalue weighted by atomic mass is 10.0. The van der Waals surface area contributed by atoms with Crippen molar-refractivity contribution >= 4 is 22.5 Å². The molecule has 37 heavy (non-hydrogen) atoms. The second-order valence-corrected chi connectivity index (χ2v) is 8.00. The number of carbonyl (C=O) groups excluding carboxylic acids is 1. The van der Waals surface area contributed by atoms with Crippen molar-refractivity contribution in [2.24, 2.45) is 0 Å². The van der Waals surface area contributed by atoms with Crippen LogP contribution in [-0.4, -0.2) is 42.5 Å². The molecule has 5 aromatic rings. The number of benzene rings is 2. The molecule has 1 N–H and O–H groups in total. The standard InChI is InChI=1S/C25H20F3N7O2/c1-3-34-13-18(22(33-34)15-7-5-4-6-8-15)23-17-9-20(21(37-2)10-19(17)29-14-30-23)32-24(36)16-11-31-35(12-16)25(26,27)28/h4-14H,3H2,1-2H3,(H,32,36). The summed E-state index contributed by atoms with van der Waals surface area (Å²) < 4.78 is 45.7. The third-order valence-corrected chi connectivity index (χ3v) is 5.70. The van der Waals surface area contributed by atoms with Gasteiger partial charge < -0.3 is 10.1 Å². The highest BCUT2D eigenvalue weighted by molar-refractivity contribution is 6.07. The minimum Gasteiger partial charge on any atom is -0.494 e. The summed E-state index contributed by atoms with van der Waals surface area (Å²) in [7, 11) is 1.42. The van der Waals surface area contributed by atoms with Gasteiger partial charge in [0.15, 0.2) is 0 Å². The highest BCUT2D eigenvalue weighted by atomic mass is 19.4. The van der Waals surface area contributed by atoms with Crippen LogP contribution < -0.4 is 10.1 Å². The number of methoxy groups -OCH3 is 1. The highest BCUT2D eigenvalue weighted by Crippen LogP contribution is 2.37. The van der Waals surface area contributed by atoms with E-state index in [2.05, 4.69) is 20.4 Å². The van der Waals surface area contributed by atoms with Gasteiger partial charge in [0.25, 0.3) is 5.91 Å². The van der Waals surface area contributed by atoms with Gasteiger partial charge in [0.05, 0.1) is 35.8 Å². The molecular formula is C25H20F3N7O2. The Kier molecular flexibility index (Phi) is 6.07. The summed E-state index contributed by atoms with van der Waals surface area (Å²) in [6.07, 6.45) is 0.0424. The van der Waals surface area contributed by atoms with E-state index in [1.807, 2.05) is 43.5 Å². The predicted octanol–water partition coefficient (Wildman–Crippen LogP) is 5.11. The Bertz CT molecular complexity index is 1590. The van der Waals surface area contributed by atoms with Gasteiger partial charge in [-0.3, -0.25) is 9.48 Å². The number of nitrogens with zero attached hydrogens (tertiary/aromatic N) is 6. The van der Waals surface area contributed by atoms with E-state index in [0.29, 0.717) is 29.3 Å². The Morgan fingerprint density at radius 3 is 2.54 bits per heavy atom. The summed E-state index contributed by atoms with van der Waals surface area (Å²) in [6.45, 7) is 2.62. The molecule has 9 nitrogen and oxygen atoms in total. The SMILES string of the molecule is CCn1cc(-c2ncnc3cc(OC)c(NC(=O)c4cnn(C(F)(F)F)c4)cc23)c(-c2ccccc2)n1. The number of anilines is 1. The molecule has 0 saturated heterocycles. The number of carbonyl (C=O) groups is 1. The summed E-state index contributed by atoms with van der Waals surface area (Å²) in [6, 6.07) is 12.9. The molecule has 0 unspecified atom stereocenters. The van der Waals surface area contributed by atoms with Crippen LogP contribution in [0.25, 0.3) is 33.4 Å². The minimum absolute atomic E-state index is 0.234. The molecule has 3 heterocycles. The maximum atomic E-state index is 12.9. The fourth-order valence-electron chi connectivity index (χ4n) is 3.90. The van der Waals surface area contributed by atoms with Crippen LogP contribution in [0.4, 0.5) is 18.9 Å². The van der Waals surface area contributed by atoms with Crippen molar-refractivity contribution in [3.63, 3.8) is 0 Å². The number of rotatable bonds is 6. The summed E-state index contributed by atoms with van der Waals surface area (Å²) in [5.41, 5.74) is 3.48. The van der Waals surface area contributed by atoms with Crippen LogP contribution in [0.15, 0.2) is 67.4 Å². The molecule has 0 aliphatic rings. The van der Waals surface area contributed by atoms with Crippen LogP contribution in [0.2, 0.25) is 0 Å². The van der Waals surface area contributed by atoms with Crippen molar-refractivity contribution in [3.8, 4) is 28.3 Å². The van der Waals surface area contributed by atoms with E-state index >= 15 is 0 Å². The van der Waals surface area contributed by atoms with E-state index in [1.165, 1.54) is 13.4 Å². The number of hydrogen-bond acceptors (Lipinski definition) is 6. The normalized spacial score (nSPS) is 11.6. The lowest BCUT2D eigenvalue weighted by molar-refractivity contribution is -0.212. The molecule has 0 radical (unpaired) electrons. The maximum Gasteiger partial charge on any atom is 0.504 e. The number of halogens is 3. The third kappa shape index (κ3) is 4.60. The van der Waals surface area contributed by atoms with Crippen LogP contribution >= 0.6 is 0 Å². The van der Waals surface area contributed by atoms with E-state index in [9.17, 15) is 18.0 Å². The molecule has 2 aromatic carbocycles. The van der Waals surface area contributed by atoms with Gasteiger partial charge in [0, 0.05) is 41.5 Å². The van der Waals surface area contributed by atoms with Crippen molar-refractivity contribution in [2.75, 3.05) is 12.4 Å². The van der Waals surface area contributed by atoms with E-state index < -0.39 is 12.2 Å². The van der Waals surface area contributed by atoms with Gasteiger partial charge in [0.2, 0.25) is 0 Å². The number of aromatic nitrogens is 6. The van der Waals surface area contributed by atoms with Gasteiger partial charge in [-0.25, -0.2) is 9.97 Å². The molecule has 0 spiro atoms. The van der Waals surface area contributed by atoms with Gasteiger partial charge >= 0.3 is 6.30 Å². The predicted molar refractivity (Wildman–Crippen MR) is 130 cm³/mol. The molecule has 0 aliphatic carbocycles. The average Bonchev–Trinajstić information content (AvgIpc) is 3.56. The average molecular weight is 507 g/mol. The van der Waals surface area contributed by atoms with Gasteiger partial charge in [-0.2, -0.15) is 14.9 Å². The van der Waals surface area contributed by atoms with Crippen molar-refractivity contribution in [1.82, 2.24) is 29.5 Å². The minimum atomic E-state index is -4.73. The molecule has 0 fully saturated rings. The summed E-state index contributed by atoms with van der Waals surface area (Å²) in [5, 5.41) is 11.1. The highest BCUT2D eigenvalue weighted by Gasteiger charge is 2.32. The van der Waals surface area contributed by atoms with E-state index in [1.54, 1.807) is 16.8 Å². The topological polar surface area (TPSA) is 99.7 Å². The zero-order valence-corrected chi connectivity index (χ0v) is 19.7. The number of hydrogen-bond donors (Lipinski definition) is 1. The number of nitrogens with one attached hydrogen (secondary N) is 1. The van der Waals surface area contributed by atoms with Crippen LogP contribution in [-0.2, 0) is 12.8 Å². The Morgan fingerprint density at radius 2 is 1.86 bits per heavy atom. The smallest absolute Gasteiger partial charge is 0.494 e. The lowest BCUT2D eigenvalue weighted by Gasteiger charge is -2.13. The van der Waals surface area contributed by atoms with Gasteiger partial charge in [0.1, 0.15) is 17.8 Å². The number of amides is 1. The number of alkyl halides is 3. The Labute approximate surface area is 208 Å². The zero-order valence-electron chi connectivity index (χ0n) is 19.7. The van der Waals surface area contributed by atoms with Crippen molar-refractivity contribution < 1.29 is 22.7 Å². The fraction of sp³-hybridized carbons (Fsp3) is 0.160. The van der Waals surface area contributed by atoms with Crippen LogP contribution in [0.1, 0.15) is 17.3 Å². The monoisotopic (exact) mass is 507 g/mol. The molecule has 0 bridgehead atoms. The quantitative estimate of drug-likeness (QED) is 0.343. The summed E-state index contributed by atoms with van der Waals surface area (Å²) in [4.78, 5) is 21.6. The number of ether oxygens (including phenoxy) is 1. The van der Waals surface area contributed by atoms with E-state index in [4.69, 9.17) is 9.84 Å².